The molecular formula is C14H28O3S. The van der Waals surface area contributed by atoms with Crippen LogP contribution in [-0.4, -0.2) is 13.0 Å². The van der Waals surface area contributed by atoms with E-state index in [1.54, 1.807) is 0 Å². The van der Waals surface area contributed by atoms with Crippen LogP contribution in [-0.2, 0) is 10.1 Å². The van der Waals surface area contributed by atoms with Gasteiger partial charge in [0.2, 0.25) is 0 Å². The predicted molar refractivity (Wildman–Crippen MR) is 77.1 cm³/mol. The van der Waals surface area contributed by atoms with Gasteiger partial charge >= 0.3 is 0 Å². The first kappa shape index (κ1) is 17.6. The van der Waals surface area contributed by atoms with Crippen LogP contribution in [0.4, 0.5) is 0 Å². The second-order valence-corrected chi connectivity index (χ2v) is 6.47. The Morgan fingerprint density at radius 2 is 1.28 bits per heavy atom. The van der Waals surface area contributed by atoms with Crippen molar-refractivity contribution in [2.24, 2.45) is 0 Å². The summed E-state index contributed by atoms with van der Waals surface area (Å²) < 4.78 is 30.1. The molecule has 0 saturated heterocycles. The van der Waals surface area contributed by atoms with Crippen molar-refractivity contribution < 1.29 is 13.0 Å². The first-order chi connectivity index (χ1) is 8.48. The summed E-state index contributed by atoms with van der Waals surface area (Å²) in [6, 6.07) is 0. The molecule has 0 aromatic carbocycles. The first-order valence-electron chi connectivity index (χ1n) is 7.13. The van der Waals surface area contributed by atoms with Gasteiger partial charge in [-0.25, -0.2) is 0 Å². The molecule has 1 N–H and O–H groups in total. The van der Waals surface area contributed by atoms with E-state index in [2.05, 4.69) is 13.5 Å². The minimum absolute atomic E-state index is 0.0536. The number of hydrogen-bond acceptors (Lipinski definition) is 2. The Hall–Kier alpha value is -0.350. The molecule has 0 aliphatic carbocycles. The largest absolute Gasteiger partial charge is 0.290 e. The van der Waals surface area contributed by atoms with E-state index >= 15 is 0 Å². The highest BCUT2D eigenvalue weighted by atomic mass is 32.2. The molecule has 108 valence electrons. The molecule has 0 aromatic rings. The summed E-state index contributed by atoms with van der Waals surface area (Å²) in [5, 5.41) is 0. The maximum Gasteiger partial charge on any atom is 0.290 e. The van der Waals surface area contributed by atoms with Crippen LogP contribution in [0, 0.1) is 0 Å². The SMILES string of the molecule is C=C(CCCCCCCCCCCC)S(=O)(=O)O. The topological polar surface area (TPSA) is 54.4 Å². The van der Waals surface area contributed by atoms with Gasteiger partial charge in [-0.05, 0) is 12.8 Å². The van der Waals surface area contributed by atoms with E-state index in [0.717, 1.165) is 19.3 Å². The summed E-state index contributed by atoms with van der Waals surface area (Å²) in [6.45, 7) is 5.59. The van der Waals surface area contributed by atoms with Gasteiger partial charge in [-0.15, -0.1) is 0 Å². The predicted octanol–water partition coefficient (Wildman–Crippen LogP) is 4.70. The van der Waals surface area contributed by atoms with Gasteiger partial charge in [-0.2, -0.15) is 8.42 Å². The van der Waals surface area contributed by atoms with Crippen LogP contribution < -0.4 is 0 Å². The molecule has 0 aliphatic rings. The van der Waals surface area contributed by atoms with Crippen molar-refractivity contribution in [2.45, 2.75) is 77.6 Å². The Kier molecular flexibility index (Phi) is 10.4. The van der Waals surface area contributed by atoms with Crippen LogP contribution >= 0.6 is 0 Å². The zero-order valence-corrected chi connectivity index (χ0v) is 12.5. The van der Waals surface area contributed by atoms with Crippen molar-refractivity contribution in [1.82, 2.24) is 0 Å². The summed E-state index contributed by atoms with van der Waals surface area (Å²) >= 11 is 0. The standard InChI is InChI=1S/C14H28O3S/c1-3-4-5-6-7-8-9-10-11-12-13-14(2)18(15,16)17/h2-13H2,1H3,(H,15,16,17). The summed E-state index contributed by atoms with van der Waals surface area (Å²) in [4.78, 5) is -0.0536. The fourth-order valence-electron chi connectivity index (χ4n) is 1.94. The van der Waals surface area contributed by atoms with E-state index in [1.807, 2.05) is 0 Å². The van der Waals surface area contributed by atoms with Crippen LogP contribution in [0.1, 0.15) is 77.6 Å². The van der Waals surface area contributed by atoms with Crippen molar-refractivity contribution in [1.29, 1.82) is 0 Å². The second-order valence-electron chi connectivity index (χ2n) is 4.95. The van der Waals surface area contributed by atoms with Gasteiger partial charge in [-0.3, -0.25) is 4.55 Å². The van der Waals surface area contributed by atoms with Gasteiger partial charge in [0.05, 0.1) is 4.91 Å². The minimum Gasteiger partial charge on any atom is -0.282 e. The van der Waals surface area contributed by atoms with Crippen molar-refractivity contribution in [3.8, 4) is 0 Å². The molecule has 0 aromatic heterocycles. The molecule has 0 saturated carbocycles. The minimum atomic E-state index is -4.01. The average molecular weight is 276 g/mol. The van der Waals surface area contributed by atoms with E-state index in [4.69, 9.17) is 4.55 Å². The number of allylic oxidation sites excluding steroid dienone is 1. The normalized spacial score (nSPS) is 11.7. The summed E-state index contributed by atoms with van der Waals surface area (Å²) in [5.41, 5.74) is 0. The molecule has 4 heteroatoms. The van der Waals surface area contributed by atoms with Gasteiger partial charge in [0, 0.05) is 0 Å². The van der Waals surface area contributed by atoms with E-state index < -0.39 is 10.1 Å². The maximum absolute atomic E-state index is 10.7. The van der Waals surface area contributed by atoms with Crippen LogP contribution in [0.5, 0.6) is 0 Å². The molecule has 0 unspecified atom stereocenters. The Labute approximate surface area is 112 Å². The maximum atomic E-state index is 10.7. The molecule has 0 rings (SSSR count). The summed E-state index contributed by atoms with van der Waals surface area (Å²) in [5.74, 6) is 0. The Morgan fingerprint density at radius 1 is 0.889 bits per heavy atom. The Bertz CT molecular complexity index is 307. The lowest BCUT2D eigenvalue weighted by molar-refractivity contribution is 0.487. The van der Waals surface area contributed by atoms with Gasteiger partial charge in [0.15, 0.2) is 0 Å². The van der Waals surface area contributed by atoms with Crippen molar-refractivity contribution in [3.63, 3.8) is 0 Å². The van der Waals surface area contributed by atoms with Crippen molar-refractivity contribution >= 4 is 10.1 Å². The zero-order chi connectivity index (χ0) is 13.9. The first-order valence-corrected chi connectivity index (χ1v) is 8.57. The Balaban J connectivity index is 3.24. The third-order valence-corrected chi connectivity index (χ3v) is 4.11. The summed E-state index contributed by atoms with van der Waals surface area (Å²) in [6.07, 6.45) is 12.5. The zero-order valence-electron chi connectivity index (χ0n) is 11.7. The Morgan fingerprint density at radius 3 is 1.67 bits per heavy atom. The molecule has 0 bridgehead atoms. The van der Waals surface area contributed by atoms with Crippen molar-refractivity contribution in [2.75, 3.05) is 0 Å². The highest BCUT2D eigenvalue weighted by Gasteiger charge is 2.09. The van der Waals surface area contributed by atoms with Gasteiger partial charge < -0.3 is 0 Å². The molecule has 0 heterocycles. The lowest BCUT2D eigenvalue weighted by Crippen LogP contribution is -2.00. The second kappa shape index (κ2) is 10.6. The monoisotopic (exact) mass is 276 g/mol. The van der Waals surface area contributed by atoms with Crippen LogP contribution in [0.3, 0.4) is 0 Å². The van der Waals surface area contributed by atoms with E-state index in [9.17, 15) is 8.42 Å². The highest BCUT2D eigenvalue weighted by Crippen LogP contribution is 2.15. The fraction of sp³-hybridized carbons (Fsp3) is 0.857. The number of rotatable bonds is 12. The van der Waals surface area contributed by atoms with E-state index in [-0.39, 0.29) is 4.91 Å². The molecule has 3 nitrogen and oxygen atoms in total. The molecule has 18 heavy (non-hydrogen) atoms. The quantitative estimate of drug-likeness (QED) is 0.415. The van der Waals surface area contributed by atoms with Gasteiger partial charge in [0.25, 0.3) is 10.1 Å². The van der Waals surface area contributed by atoms with E-state index in [1.165, 1.54) is 44.9 Å². The molecule has 0 amide bonds. The lowest BCUT2D eigenvalue weighted by Gasteiger charge is -2.03. The molecular weight excluding hydrogens is 248 g/mol. The highest BCUT2D eigenvalue weighted by molar-refractivity contribution is 7.89. The van der Waals surface area contributed by atoms with Crippen LogP contribution in [0.25, 0.3) is 0 Å². The summed E-state index contributed by atoms with van der Waals surface area (Å²) in [7, 11) is -4.01. The molecule has 0 radical (unpaired) electrons. The average Bonchev–Trinajstić information content (AvgIpc) is 2.30. The number of hydrogen-bond donors (Lipinski definition) is 1. The smallest absolute Gasteiger partial charge is 0.282 e. The van der Waals surface area contributed by atoms with Crippen molar-refractivity contribution in [3.05, 3.63) is 11.5 Å². The fourth-order valence-corrected chi connectivity index (χ4v) is 2.34. The number of unbranched alkanes of at least 4 members (excludes halogenated alkanes) is 9. The third-order valence-electron chi connectivity index (χ3n) is 3.17. The molecule has 0 fully saturated rings. The molecule has 0 atom stereocenters. The third kappa shape index (κ3) is 10.8. The molecule has 0 aliphatic heterocycles. The molecule has 0 spiro atoms. The van der Waals surface area contributed by atoms with E-state index in [0.29, 0.717) is 6.42 Å². The van der Waals surface area contributed by atoms with Gasteiger partial charge in [-0.1, -0.05) is 71.3 Å². The lowest BCUT2D eigenvalue weighted by atomic mass is 10.1. The van der Waals surface area contributed by atoms with Crippen LogP contribution in [0.15, 0.2) is 11.5 Å². The van der Waals surface area contributed by atoms with Crippen LogP contribution in [0.2, 0.25) is 0 Å². The van der Waals surface area contributed by atoms with Gasteiger partial charge in [0.1, 0.15) is 0 Å².